The molecule has 0 bridgehead atoms. The molecule has 0 unspecified atom stereocenters. The second-order valence-electron chi connectivity index (χ2n) is 5.67. The number of hydrogen-bond acceptors (Lipinski definition) is 5. The quantitative estimate of drug-likeness (QED) is 0.553. The topological polar surface area (TPSA) is 54.9 Å². The molecule has 0 aliphatic carbocycles. The van der Waals surface area contributed by atoms with E-state index in [1.807, 2.05) is 0 Å². The van der Waals surface area contributed by atoms with E-state index < -0.39 is 0 Å². The fraction of sp³-hybridized carbons (Fsp3) is 0.471. The summed E-state index contributed by atoms with van der Waals surface area (Å²) in [7, 11) is 0. The minimum absolute atomic E-state index is 0.0128. The molecule has 0 saturated heterocycles. The SMILES string of the molecule is CCCSc1nnc(NC(=O)CCc2ccc(C(C)C)cc2)s1. The number of thioether (sulfide) groups is 1. The van der Waals surface area contributed by atoms with Gasteiger partial charge in [-0.2, -0.15) is 0 Å². The Hall–Kier alpha value is -1.40. The number of aryl methyl sites for hydroxylation is 1. The first-order chi connectivity index (χ1) is 11.1. The second-order valence-corrected chi connectivity index (χ2v) is 7.99. The lowest BCUT2D eigenvalue weighted by atomic mass is 10.0. The third-order valence-electron chi connectivity index (χ3n) is 3.37. The predicted octanol–water partition coefficient (Wildman–Crippen LogP) is 4.73. The number of nitrogens with zero attached hydrogens (tertiary/aromatic N) is 2. The highest BCUT2D eigenvalue weighted by molar-refractivity contribution is 8.01. The number of benzene rings is 1. The fourth-order valence-electron chi connectivity index (χ4n) is 2.02. The van der Waals surface area contributed by atoms with Crippen LogP contribution in [-0.2, 0) is 11.2 Å². The molecule has 0 atom stereocenters. The van der Waals surface area contributed by atoms with E-state index >= 15 is 0 Å². The predicted molar refractivity (Wildman–Crippen MR) is 98.4 cm³/mol. The molecule has 2 rings (SSSR count). The smallest absolute Gasteiger partial charge is 0.226 e. The number of carbonyl (C=O) groups excluding carboxylic acids is 1. The van der Waals surface area contributed by atoms with Gasteiger partial charge in [-0.3, -0.25) is 4.79 Å². The summed E-state index contributed by atoms with van der Waals surface area (Å²) in [6.07, 6.45) is 2.29. The van der Waals surface area contributed by atoms with Gasteiger partial charge in [-0.05, 0) is 29.9 Å². The molecule has 1 N–H and O–H groups in total. The van der Waals surface area contributed by atoms with Crippen molar-refractivity contribution in [3.8, 4) is 0 Å². The molecule has 0 spiro atoms. The minimum atomic E-state index is -0.0128. The third kappa shape index (κ3) is 5.95. The van der Waals surface area contributed by atoms with Crippen molar-refractivity contribution < 1.29 is 4.79 Å². The van der Waals surface area contributed by atoms with Gasteiger partial charge >= 0.3 is 0 Å². The fourth-order valence-corrected chi connectivity index (χ4v) is 3.71. The Kier molecular flexibility index (Phi) is 7.05. The highest BCUT2D eigenvalue weighted by atomic mass is 32.2. The van der Waals surface area contributed by atoms with E-state index in [1.54, 1.807) is 11.8 Å². The van der Waals surface area contributed by atoms with E-state index in [9.17, 15) is 4.79 Å². The summed E-state index contributed by atoms with van der Waals surface area (Å²) < 4.78 is 0.909. The molecule has 0 radical (unpaired) electrons. The molecule has 0 fully saturated rings. The van der Waals surface area contributed by atoms with Crippen molar-refractivity contribution in [2.24, 2.45) is 0 Å². The van der Waals surface area contributed by atoms with Crippen LogP contribution in [0.4, 0.5) is 5.13 Å². The monoisotopic (exact) mass is 349 g/mol. The molecular weight excluding hydrogens is 326 g/mol. The van der Waals surface area contributed by atoms with Crippen LogP contribution in [0.3, 0.4) is 0 Å². The van der Waals surface area contributed by atoms with E-state index in [-0.39, 0.29) is 5.91 Å². The Balaban J connectivity index is 1.79. The van der Waals surface area contributed by atoms with Crippen molar-refractivity contribution in [3.05, 3.63) is 35.4 Å². The molecule has 2 aromatic rings. The number of nitrogens with one attached hydrogen (secondary N) is 1. The van der Waals surface area contributed by atoms with Gasteiger partial charge in [0.25, 0.3) is 0 Å². The standard InChI is InChI=1S/C17H23N3OS2/c1-4-11-22-17-20-19-16(23-17)18-15(21)10-7-13-5-8-14(9-6-13)12(2)3/h5-6,8-9,12H,4,7,10-11H2,1-3H3,(H,18,19,21). The van der Waals surface area contributed by atoms with Gasteiger partial charge in [-0.15, -0.1) is 10.2 Å². The van der Waals surface area contributed by atoms with Crippen molar-refractivity contribution in [1.82, 2.24) is 10.2 Å². The molecule has 6 heteroatoms. The van der Waals surface area contributed by atoms with Gasteiger partial charge in [0, 0.05) is 12.2 Å². The lowest BCUT2D eigenvalue weighted by Crippen LogP contribution is -2.12. The average Bonchev–Trinajstić information content (AvgIpc) is 2.98. The van der Waals surface area contributed by atoms with Crippen LogP contribution in [0.5, 0.6) is 0 Å². The number of amides is 1. The molecule has 23 heavy (non-hydrogen) atoms. The molecule has 0 aliphatic rings. The average molecular weight is 350 g/mol. The highest BCUT2D eigenvalue weighted by Crippen LogP contribution is 2.25. The summed E-state index contributed by atoms with van der Waals surface area (Å²) in [4.78, 5) is 12.0. The first kappa shape index (κ1) is 17.9. The molecule has 0 saturated carbocycles. The van der Waals surface area contributed by atoms with Crippen LogP contribution >= 0.6 is 23.1 Å². The van der Waals surface area contributed by atoms with Crippen LogP contribution in [-0.4, -0.2) is 21.9 Å². The number of carbonyl (C=O) groups is 1. The Morgan fingerprint density at radius 1 is 1.26 bits per heavy atom. The van der Waals surface area contributed by atoms with E-state index in [0.717, 1.165) is 22.9 Å². The van der Waals surface area contributed by atoms with Gasteiger partial charge in [0.05, 0.1) is 0 Å². The molecule has 1 aromatic carbocycles. The third-order valence-corrected chi connectivity index (χ3v) is 5.55. The lowest BCUT2D eigenvalue weighted by Gasteiger charge is -2.06. The van der Waals surface area contributed by atoms with Gasteiger partial charge in [0.2, 0.25) is 11.0 Å². The van der Waals surface area contributed by atoms with Crippen LogP contribution in [0.1, 0.15) is 50.7 Å². The van der Waals surface area contributed by atoms with E-state index in [4.69, 9.17) is 0 Å². The minimum Gasteiger partial charge on any atom is -0.300 e. The zero-order valence-electron chi connectivity index (χ0n) is 13.8. The second kappa shape index (κ2) is 9.03. The van der Waals surface area contributed by atoms with Crippen LogP contribution < -0.4 is 5.32 Å². The summed E-state index contributed by atoms with van der Waals surface area (Å²) in [6, 6.07) is 8.49. The maximum absolute atomic E-state index is 12.0. The zero-order valence-corrected chi connectivity index (χ0v) is 15.5. The number of aromatic nitrogens is 2. The van der Waals surface area contributed by atoms with Crippen molar-refractivity contribution in [2.75, 3.05) is 11.1 Å². The summed E-state index contributed by atoms with van der Waals surface area (Å²) in [5.74, 6) is 1.54. The Morgan fingerprint density at radius 3 is 2.65 bits per heavy atom. The largest absolute Gasteiger partial charge is 0.300 e. The molecule has 4 nitrogen and oxygen atoms in total. The van der Waals surface area contributed by atoms with Crippen LogP contribution in [0.2, 0.25) is 0 Å². The Labute approximate surface area is 146 Å². The van der Waals surface area contributed by atoms with Crippen molar-refractivity contribution in [1.29, 1.82) is 0 Å². The Morgan fingerprint density at radius 2 is 2.00 bits per heavy atom. The molecule has 1 amide bonds. The van der Waals surface area contributed by atoms with E-state index in [2.05, 4.69) is 60.6 Å². The summed E-state index contributed by atoms with van der Waals surface area (Å²) in [5, 5.41) is 11.5. The first-order valence-corrected chi connectivity index (χ1v) is 9.73. The van der Waals surface area contributed by atoms with Gasteiger partial charge in [-0.1, -0.05) is 68.1 Å². The maximum atomic E-state index is 12.0. The maximum Gasteiger partial charge on any atom is 0.226 e. The van der Waals surface area contributed by atoms with E-state index in [1.165, 1.54) is 22.5 Å². The highest BCUT2D eigenvalue weighted by Gasteiger charge is 2.09. The molecular formula is C17H23N3OS2. The Bertz CT molecular complexity index is 623. The molecule has 0 aliphatic heterocycles. The van der Waals surface area contributed by atoms with Gasteiger partial charge in [0.15, 0.2) is 4.34 Å². The number of anilines is 1. The zero-order chi connectivity index (χ0) is 16.7. The number of rotatable bonds is 8. The van der Waals surface area contributed by atoms with Crippen LogP contribution in [0.15, 0.2) is 28.6 Å². The first-order valence-electron chi connectivity index (χ1n) is 7.93. The van der Waals surface area contributed by atoms with Crippen LogP contribution in [0.25, 0.3) is 0 Å². The molecule has 1 heterocycles. The van der Waals surface area contributed by atoms with Gasteiger partial charge in [-0.25, -0.2) is 0 Å². The van der Waals surface area contributed by atoms with E-state index in [0.29, 0.717) is 17.5 Å². The molecule has 124 valence electrons. The summed E-state index contributed by atoms with van der Waals surface area (Å²) in [6.45, 7) is 6.49. The summed E-state index contributed by atoms with van der Waals surface area (Å²) in [5.41, 5.74) is 2.50. The van der Waals surface area contributed by atoms with Crippen molar-refractivity contribution >= 4 is 34.1 Å². The van der Waals surface area contributed by atoms with Gasteiger partial charge in [0.1, 0.15) is 0 Å². The number of hydrogen-bond donors (Lipinski definition) is 1. The van der Waals surface area contributed by atoms with Gasteiger partial charge < -0.3 is 5.32 Å². The van der Waals surface area contributed by atoms with Crippen LogP contribution in [0, 0.1) is 0 Å². The van der Waals surface area contributed by atoms with Crippen molar-refractivity contribution in [2.45, 2.75) is 50.3 Å². The van der Waals surface area contributed by atoms with Crippen molar-refractivity contribution in [3.63, 3.8) is 0 Å². The normalized spacial score (nSPS) is 11.0. The lowest BCUT2D eigenvalue weighted by molar-refractivity contribution is -0.116. The summed E-state index contributed by atoms with van der Waals surface area (Å²) >= 11 is 3.11. The molecule has 1 aromatic heterocycles.